The highest BCUT2D eigenvalue weighted by atomic mass is 16.2. The van der Waals surface area contributed by atoms with Crippen molar-refractivity contribution >= 4 is 17.9 Å². The third-order valence-corrected chi connectivity index (χ3v) is 4.19. The molecule has 0 radical (unpaired) electrons. The van der Waals surface area contributed by atoms with Gasteiger partial charge < -0.3 is 4.57 Å². The smallest absolute Gasteiger partial charge is 0.240 e. The summed E-state index contributed by atoms with van der Waals surface area (Å²) in [7, 11) is 0. The second-order valence-corrected chi connectivity index (χ2v) is 5.74. The van der Waals surface area contributed by atoms with E-state index in [1.54, 1.807) is 0 Å². The topological polar surface area (TPSA) is 63.5 Å². The van der Waals surface area contributed by atoms with E-state index in [4.69, 9.17) is 0 Å². The molecule has 0 aliphatic carbocycles. The predicted molar refractivity (Wildman–Crippen MR) is 89.0 cm³/mol. The van der Waals surface area contributed by atoms with Crippen molar-refractivity contribution in [3.8, 4) is 5.69 Å². The van der Waals surface area contributed by atoms with Crippen molar-refractivity contribution in [3.05, 3.63) is 53.3 Å². The third kappa shape index (κ3) is 2.82. The van der Waals surface area contributed by atoms with Gasteiger partial charge in [0.25, 0.3) is 0 Å². The fraction of sp³-hybridized carbons (Fsp3) is 0.278. The summed E-state index contributed by atoms with van der Waals surface area (Å²) in [4.78, 5) is 22.4. The first kappa shape index (κ1) is 15.2. The average Bonchev–Trinajstić information content (AvgIpc) is 2.98. The minimum atomic E-state index is -0.0424. The zero-order chi connectivity index (χ0) is 16.4. The molecule has 1 aliphatic rings. The molecule has 1 amide bonds. The van der Waals surface area contributed by atoms with E-state index in [0.29, 0.717) is 6.42 Å². The molecule has 0 spiro atoms. The molecule has 1 atom stereocenters. The van der Waals surface area contributed by atoms with Crippen LogP contribution in [0.5, 0.6) is 0 Å². The fourth-order valence-corrected chi connectivity index (χ4v) is 3.00. The van der Waals surface area contributed by atoms with Gasteiger partial charge in [-0.15, -0.1) is 0 Å². The van der Waals surface area contributed by atoms with Gasteiger partial charge in [0.15, 0.2) is 6.29 Å². The van der Waals surface area contributed by atoms with Crippen LogP contribution in [0.1, 0.15) is 41.9 Å². The maximum atomic E-state index is 11.3. The van der Waals surface area contributed by atoms with Crippen molar-refractivity contribution in [1.82, 2.24) is 9.99 Å². The van der Waals surface area contributed by atoms with E-state index in [9.17, 15) is 9.59 Å². The summed E-state index contributed by atoms with van der Waals surface area (Å²) < 4.78 is 2.03. The van der Waals surface area contributed by atoms with Crippen LogP contribution >= 0.6 is 0 Å². The summed E-state index contributed by atoms with van der Waals surface area (Å²) in [5.74, 6) is 0.0632. The molecule has 1 N–H and O–H groups in total. The highest BCUT2D eigenvalue weighted by molar-refractivity contribution is 6.05. The van der Waals surface area contributed by atoms with Crippen molar-refractivity contribution < 1.29 is 9.59 Å². The molecule has 2 aromatic rings. The largest absolute Gasteiger partial charge is 0.320 e. The van der Waals surface area contributed by atoms with Crippen LogP contribution < -0.4 is 5.43 Å². The second-order valence-electron chi connectivity index (χ2n) is 5.74. The normalized spacial score (nSPS) is 17.6. The second kappa shape index (κ2) is 6.20. The van der Waals surface area contributed by atoms with E-state index < -0.39 is 0 Å². The Balaban J connectivity index is 1.93. The summed E-state index contributed by atoms with van der Waals surface area (Å²) in [6, 6.07) is 9.86. The van der Waals surface area contributed by atoms with Crippen LogP contribution in [0.15, 0.2) is 41.6 Å². The highest BCUT2D eigenvalue weighted by Gasteiger charge is 2.21. The first-order valence-electron chi connectivity index (χ1n) is 7.76. The van der Waals surface area contributed by atoms with Crippen LogP contribution in [0.2, 0.25) is 0 Å². The van der Waals surface area contributed by atoms with Crippen molar-refractivity contribution in [1.29, 1.82) is 0 Å². The number of carbonyl (C=O) groups excluding carboxylic acids is 2. The SMILES string of the molecule is CCc1c(C=O)ccn1-c1ccc(C2=NNC(=O)CC2C)cc1. The molecule has 0 saturated carbocycles. The minimum Gasteiger partial charge on any atom is -0.320 e. The summed E-state index contributed by atoms with van der Waals surface area (Å²) >= 11 is 0. The predicted octanol–water partition coefficient (Wildman–Crippen LogP) is 2.71. The number of rotatable bonds is 4. The van der Waals surface area contributed by atoms with Gasteiger partial charge in [0, 0.05) is 35.5 Å². The zero-order valence-electron chi connectivity index (χ0n) is 13.2. The van der Waals surface area contributed by atoms with Gasteiger partial charge in [-0.3, -0.25) is 9.59 Å². The molecule has 1 unspecified atom stereocenters. The molecule has 1 aromatic heterocycles. The van der Waals surface area contributed by atoms with E-state index in [1.807, 2.05) is 54.9 Å². The van der Waals surface area contributed by atoms with E-state index in [1.165, 1.54) is 0 Å². The number of amides is 1. The molecule has 5 nitrogen and oxygen atoms in total. The van der Waals surface area contributed by atoms with Crippen molar-refractivity contribution in [2.45, 2.75) is 26.7 Å². The number of nitrogens with zero attached hydrogens (tertiary/aromatic N) is 2. The maximum Gasteiger partial charge on any atom is 0.240 e. The van der Waals surface area contributed by atoms with Crippen LogP contribution in [-0.2, 0) is 11.2 Å². The molecule has 1 aliphatic heterocycles. The average molecular weight is 309 g/mol. The summed E-state index contributed by atoms with van der Waals surface area (Å²) in [6.07, 6.45) is 4.06. The molecule has 1 aromatic carbocycles. The number of carbonyl (C=O) groups is 2. The monoisotopic (exact) mass is 309 g/mol. The molecule has 0 fully saturated rings. The van der Waals surface area contributed by atoms with Gasteiger partial charge in [-0.2, -0.15) is 5.10 Å². The first-order chi connectivity index (χ1) is 11.1. The van der Waals surface area contributed by atoms with E-state index in [-0.39, 0.29) is 11.8 Å². The van der Waals surface area contributed by atoms with Crippen LogP contribution in [0.4, 0.5) is 0 Å². The van der Waals surface area contributed by atoms with Gasteiger partial charge in [-0.25, -0.2) is 5.43 Å². The third-order valence-electron chi connectivity index (χ3n) is 4.19. The van der Waals surface area contributed by atoms with E-state index in [2.05, 4.69) is 10.5 Å². The van der Waals surface area contributed by atoms with Gasteiger partial charge in [-0.05, 0) is 30.2 Å². The summed E-state index contributed by atoms with van der Waals surface area (Å²) in [5, 5.41) is 4.18. The van der Waals surface area contributed by atoms with Gasteiger partial charge in [0.2, 0.25) is 5.91 Å². The Morgan fingerprint density at radius 3 is 2.65 bits per heavy atom. The Morgan fingerprint density at radius 2 is 2.04 bits per heavy atom. The Morgan fingerprint density at radius 1 is 1.30 bits per heavy atom. The lowest BCUT2D eigenvalue weighted by Gasteiger charge is -2.19. The fourth-order valence-electron chi connectivity index (χ4n) is 3.00. The van der Waals surface area contributed by atoms with Crippen LogP contribution in [0.3, 0.4) is 0 Å². The van der Waals surface area contributed by atoms with Gasteiger partial charge in [-0.1, -0.05) is 26.0 Å². The zero-order valence-corrected chi connectivity index (χ0v) is 13.2. The molecule has 23 heavy (non-hydrogen) atoms. The van der Waals surface area contributed by atoms with Gasteiger partial charge in [0.1, 0.15) is 0 Å². The highest BCUT2D eigenvalue weighted by Crippen LogP contribution is 2.20. The van der Waals surface area contributed by atoms with E-state index in [0.717, 1.165) is 40.9 Å². The number of hydrogen-bond donors (Lipinski definition) is 1. The lowest BCUT2D eigenvalue weighted by molar-refractivity contribution is -0.121. The quantitative estimate of drug-likeness (QED) is 0.883. The molecule has 118 valence electrons. The molecule has 5 heteroatoms. The van der Waals surface area contributed by atoms with Crippen LogP contribution in [0.25, 0.3) is 5.69 Å². The molecule has 2 heterocycles. The number of nitrogens with one attached hydrogen (secondary N) is 1. The standard InChI is InChI=1S/C18H19N3O2/c1-3-16-14(11-22)8-9-21(16)15-6-4-13(5-7-15)18-12(2)10-17(23)19-20-18/h4-9,11-12H,3,10H2,1-2H3,(H,19,23). The lowest BCUT2D eigenvalue weighted by Crippen LogP contribution is -2.31. The van der Waals surface area contributed by atoms with Gasteiger partial charge >= 0.3 is 0 Å². The molecular formula is C18H19N3O2. The molecular weight excluding hydrogens is 290 g/mol. The number of aromatic nitrogens is 1. The van der Waals surface area contributed by atoms with Crippen molar-refractivity contribution in [3.63, 3.8) is 0 Å². The number of aldehydes is 1. The Kier molecular flexibility index (Phi) is 4.10. The van der Waals surface area contributed by atoms with Crippen molar-refractivity contribution in [2.75, 3.05) is 0 Å². The first-order valence-corrected chi connectivity index (χ1v) is 7.76. The molecule has 0 bridgehead atoms. The summed E-state index contributed by atoms with van der Waals surface area (Å²) in [5.41, 5.74) is 7.18. The number of benzene rings is 1. The van der Waals surface area contributed by atoms with E-state index >= 15 is 0 Å². The summed E-state index contributed by atoms with van der Waals surface area (Å²) in [6.45, 7) is 4.04. The van der Waals surface area contributed by atoms with Gasteiger partial charge in [0.05, 0.1) is 5.71 Å². The number of hydrazone groups is 1. The van der Waals surface area contributed by atoms with Crippen molar-refractivity contribution in [2.24, 2.45) is 11.0 Å². The number of hydrogen-bond acceptors (Lipinski definition) is 3. The van der Waals surface area contributed by atoms with Crippen LogP contribution in [-0.4, -0.2) is 22.5 Å². The lowest BCUT2D eigenvalue weighted by atomic mass is 9.94. The molecule has 0 saturated heterocycles. The Bertz CT molecular complexity index is 772. The maximum absolute atomic E-state index is 11.3. The Labute approximate surface area is 135 Å². The Hall–Kier alpha value is -2.69. The minimum absolute atomic E-state index is 0.0424. The molecule has 3 rings (SSSR count). The van der Waals surface area contributed by atoms with Crippen LogP contribution in [0, 0.1) is 5.92 Å².